The third-order valence-electron chi connectivity index (χ3n) is 6.86. The van der Waals surface area contributed by atoms with Crippen LogP contribution >= 0.6 is 11.3 Å². The molecule has 1 aromatic heterocycles. The monoisotopic (exact) mass is 574 g/mol. The molecule has 41 heavy (non-hydrogen) atoms. The number of thiazole rings is 1. The first-order valence-corrected chi connectivity index (χ1v) is 13.9. The Kier molecular flexibility index (Phi) is 7.44. The molecule has 1 N–H and O–H groups in total. The summed E-state index contributed by atoms with van der Waals surface area (Å²) in [6.07, 6.45) is 1.45. The molecular weight excluding hydrogens is 544 g/mol. The number of aryl methyl sites for hydroxylation is 1. The Morgan fingerprint density at radius 1 is 1.15 bits per heavy atom. The van der Waals surface area contributed by atoms with Crippen molar-refractivity contribution in [1.29, 1.82) is 0 Å². The number of rotatable bonds is 6. The predicted octanol–water partition coefficient (Wildman–Crippen LogP) is 5.49. The van der Waals surface area contributed by atoms with Crippen LogP contribution < -0.4 is 14.4 Å². The van der Waals surface area contributed by atoms with Gasteiger partial charge < -0.3 is 19.3 Å². The van der Waals surface area contributed by atoms with Gasteiger partial charge in [-0.15, -0.1) is 0 Å². The smallest absolute Gasteiger partial charge is 0.350 e. The van der Waals surface area contributed by atoms with Crippen molar-refractivity contribution in [2.45, 2.75) is 39.2 Å². The number of aromatic nitrogens is 1. The summed E-state index contributed by atoms with van der Waals surface area (Å²) in [6.45, 7) is 12.2. The van der Waals surface area contributed by atoms with E-state index in [1.54, 1.807) is 25.1 Å². The fraction of sp³-hybridized carbons (Fsp3) is 0.290. The van der Waals surface area contributed by atoms with Crippen molar-refractivity contribution in [1.82, 2.24) is 4.98 Å². The molecule has 1 atom stereocenters. The molecule has 3 heterocycles. The summed E-state index contributed by atoms with van der Waals surface area (Å²) >= 11 is 0.947. The fourth-order valence-electron chi connectivity index (χ4n) is 4.73. The Balaban J connectivity index is 1.65. The van der Waals surface area contributed by atoms with Gasteiger partial charge in [0.2, 0.25) is 0 Å². The van der Waals surface area contributed by atoms with Crippen LogP contribution in [0.2, 0.25) is 0 Å². The van der Waals surface area contributed by atoms with Crippen molar-refractivity contribution in [3.8, 4) is 11.5 Å². The Bertz CT molecular complexity index is 1580. The third kappa shape index (κ3) is 5.22. The van der Waals surface area contributed by atoms with Crippen LogP contribution in [0.25, 0.3) is 5.76 Å². The molecule has 0 radical (unpaired) electrons. The number of ether oxygens (including phenoxy) is 3. The number of nitrogens with zero attached hydrogens (tertiary/aromatic N) is 2. The van der Waals surface area contributed by atoms with Crippen LogP contribution in [0.15, 0.2) is 60.7 Å². The summed E-state index contributed by atoms with van der Waals surface area (Å²) in [5.41, 5.74) is 2.09. The lowest BCUT2D eigenvalue weighted by molar-refractivity contribution is -0.132. The number of benzene rings is 2. The van der Waals surface area contributed by atoms with E-state index in [2.05, 4.69) is 32.3 Å². The normalized spacial score (nSPS) is 18.0. The van der Waals surface area contributed by atoms with Crippen molar-refractivity contribution >= 4 is 39.9 Å². The maximum absolute atomic E-state index is 13.6. The summed E-state index contributed by atoms with van der Waals surface area (Å²) in [7, 11) is 0. The van der Waals surface area contributed by atoms with Crippen LogP contribution in [0.5, 0.6) is 11.5 Å². The van der Waals surface area contributed by atoms with Crippen molar-refractivity contribution in [3.63, 3.8) is 0 Å². The van der Waals surface area contributed by atoms with E-state index >= 15 is 0 Å². The van der Waals surface area contributed by atoms with Crippen LogP contribution in [0, 0.1) is 6.92 Å². The standard InChI is InChI=1S/C31H30N2O7S/c1-6-13-40-29(37)27-17(2)32-30(41-27)33-24(18-7-10-20(11-8-18)31(3,4)5)23(26(35)28(33)36)25(34)19-9-12-21-22(16-19)39-15-14-38-21/h6-12,16,24,34H,1,13-15H2,2-5H3/b25-23+. The number of aliphatic hydroxyl groups excluding tert-OH is 1. The van der Waals surface area contributed by atoms with Gasteiger partial charge in [0.1, 0.15) is 30.5 Å². The lowest BCUT2D eigenvalue weighted by Crippen LogP contribution is -2.29. The first-order valence-electron chi connectivity index (χ1n) is 13.1. The molecule has 0 bridgehead atoms. The number of amides is 1. The van der Waals surface area contributed by atoms with Gasteiger partial charge >= 0.3 is 11.9 Å². The number of aliphatic hydroxyl groups is 1. The Labute approximate surface area is 241 Å². The van der Waals surface area contributed by atoms with Crippen molar-refractivity contribution in [2.75, 3.05) is 24.7 Å². The minimum absolute atomic E-state index is 0.0195. The summed E-state index contributed by atoms with van der Waals surface area (Å²) in [4.78, 5) is 45.7. The minimum Gasteiger partial charge on any atom is -0.507 e. The molecule has 2 aliphatic heterocycles. The quantitative estimate of drug-likeness (QED) is 0.135. The number of Topliss-reactive ketones (excluding diaryl/α,β-unsaturated/α-hetero) is 1. The zero-order valence-electron chi connectivity index (χ0n) is 23.2. The molecule has 1 amide bonds. The maximum Gasteiger partial charge on any atom is 0.350 e. The number of ketones is 1. The van der Waals surface area contributed by atoms with Crippen molar-refractivity contribution in [3.05, 3.63) is 88.0 Å². The molecule has 0 spiro atoms. The Hall–Kier alpha value is -4.44. The zero-order valence-corrected chi connectivity index (χ0v) is 24.0. The van der Waals surface area contributed by atoms with Gasteiger partial charge in [0.05, 0.1) is 17.3 Å². The van der Waals surface area contributed by atoms with E-state index in [1.807, 2.05) is 24.3 Å². The summed E-state index contributed by atoms with van der Waals surface area (Å²) in [5, 5.41) is 11.7. The first-order chi connectivity index (χ1) is 19.5. The van der Waals surface area contributed by atoms with E-state index in [-0.39, 0.29) is 33.4 Å². The number of carbonyl (C=O) groups excluding carboxylic acids is 3. The van der Waals surface area contributed by atoms with Crippen molar-refractivity contribution < 1.29 is 33.7 Å². The van der Waals surface area contributed by atoms with E-state index in [0.29, 0.717) is 41.5 Å². The second kappa shape index (κ2) is 10.9. The molecule has 3 aromatic rings. The van der Waals surface area contributed by atoms with Gasteiger partial charge in [-0.1, -0.05) is 69.0 Å². The highest BCUT2D eigenvalue weighted by molar-refractivity contribution is 7.17. The minimum atomic E-state index is -1.00. The van der Waals surface area contributed by atoms with E-state index < -0.39 is 23.7 Å². The molecule has 10 heteroatoms. The molecule has 1 fully saturated rings. The third-order valence-corrected chi connectivity index (χ3v) is 8.00. The highest BCUT2D eigenvalue weighted by Gasteiger charge is 2.48. The molecule has 1 unspecified atom stereocenters. The summed E-state index contributed by atoms with van der Waals surface area (Å²) in [6, 6.07) is 11.4. The topological polar surface area (TPSA) is 115 Å². The number of carbonyl (C=O) groups is 3. The maximum atomic E-state index is 13.6. The average Bonchev–Trinajstić information content (AvgIpc) is 3.46. The average molecular weight is 575 g/mol. The van der Waals surface area contributed by atoms with Crippen LogP contribution in [-0.4, -0.2) is 47.6 Å². The molecule has 212 valence electrons. The lowest BCUT2D eigenvalue weighted by Gasteiger charge is -2.25. The molecule has 9 nitrogen and oxygen atoms in total. The van der Waals surface area contributed by atoms with Crippen LogP contribution in [0.4, 0.5) is 5.13 Å². The largest absolute Gasteiger partial charge is 0.507 e. The molecule has 0 saturated carbocycles. The van der Waals surface area contributed by atoms with E-state index in [0.717, 1.165) is 16.9 Å². The fourth-order valence-corrected chi connectivity index (χ4v) is 5.72. The van der Waals surface area contributed by atoms with E-state index in [4.69, 9.17) is 14.2 Å². The zero-order chi connectivity index (χ0) is 29.5. The molecule has 0 aliphatic carbocycles. The number of hydrogen-bond acceptors (Lipinski definition) is 9. The second-order valence-corrected chi connectivity index (χ2v) is 11.7. The summed E-state index contributed by atoms with van der Waals surface area (Å²) < 4.78 is 16.4. The molecule has 1 saturated heterocycles. The van der Waals surface area contributed by atoms with Crippen LogP contribution in [-0.2, 0) is 19.7 Å². The lowest BCUT2D eigenvalue weighted by atomic mass is 9.85. The van der Waals surface area contributed by atoms with Gasteiger partial charge in [0.15, 0.2) is 16.6 Å². The number of fused-ring (bicyclic) bond motifs is 1. The van der Waals surface area contributed by atoms with Crippen LogP contribution in [0.1, 0.15) is 58.9 Å². The van der Waals surface area contributed by atoms with Gasteiger partial charge in [0.25, 0.3) is 5.78 Å². The number of hydrogen-bond donors (Lipinski definition) is 1. The molecule has 5 rings (SSSR count). The molecular formula is C31H30N2O7S. The van der Waals surface area contributed by atoms with Gasteiger partial charge in [-0.05, 0) is 41.7 Å². The second-order valence-electron chi connectivity index (χ2n) is 10.7. The Morgan fingerprint density at radius 3 is 2.49 bits per heavy atom. The van der Waals surface area contributed by atoms with Crippen molar-refractivity contribution in [2.24, 2.45) is 0 Å². The highest BCUT2D eigenvalue weighted by atomic mass is 32.1. The SMILES string of the molecule is C=CCOC(=O)c1sc(N2C(=O)C(=O)/C(=C(/O)c3ccc4c(c3)OCCO4)C2c2ccc(C(C)(C)C)cc2)nc1C. The predicted molar refractivity (Wildman–Crippen MR) is 155 cm³/mol. The van der Waals surface area contributed by atoms with Gasteiger partial charge in [0, 0.05) is 5.56 Å². The van der Waals surface area contributed by atoms with Gasteiger partial charge in [-0.3, -0.25) is 14.5 Å². The van der Waals surface area contributed by atoms with Crippen LogP contribution in [0.3, 0.4) is 0 Å². The van der Waals surface area contributed by atoms with E-state index in [1.165, 1.54) is 11.0 Å². The molecule has 2 aromatic carbocycles. The molecule has 2 aliphatic rings. The van der Waals surface area contributed by atoms with E-state index in [9.17, 15) is 19.5 Å². The Morgan fingerprint density at radius 2 is 1.83 bits per heavy atom. The first kappa shape index (κ1) is 28.1. The van der Waals surface area contributed by atoms with Gasteiger partial charge in [-0.2, -0.15) is 0 Å². The summed E-state index contributed by atoms with van der Waals surface area (Å²) in [5.74, 6) is -1.74. The highest BCUT2D eigenvalue weighted by Crippen LogP contribution is 2.45. The number of esters is 1. The number of anilines is 1. The van der Waals surface area contributed by atoms with Gasteiger partial charge in [-0.25, -0.2) is 9.78 Å².